The summed E-state index contributed by atoms with van der Waals surface area (Å²) in [6.45, 7) is 1.97. The molecule has 0 aliphatic heterocycles. The zero-order valence-electron chi connectivity index (χ0n) is 13.3. The standard InChI is InChI=1S/C19H26N2O/c1-12(20)16-4-2-3-5-17(16)21-18(22)19-9-13-6-14(10-19)8-15(7-13)11-19/h2-5,12-15H,6-11,20H2,1H3,(H,21,22). The van der Waals surface area contributed by atoms with Crippen LogP contribution in [0.3, 0.4) is 0 Å². The van der Waals surface area contributed by atoms with Crippen molar-refractivity contribution in [2.24, 2.45) is 28.9 Å². The van der Waals surface area contributed by atoms with Crippen LogP contribution >= 0.6 is 0 Å². The third-order valence-electron chi connectivity index (χ3n) is 6.22. The number of carbonyl (C=O) groups is 1. The minimum atomic E-state index is -0.0975. The van der Waals surface area contributed by atoms with E-state index in [0.717, 1.165) is 48.3 Å². The SMILES string of the molecule is CC(N)c1ccccc1NC(=O)C12CC3CC(CC(C3)C1)C2. The van der Waals surface area contributed by atoms with Crippen molar-refractivity contribution in [3.8, 4) is 0 Å². The lowest BCUT2D eigenvalue weighted by Crippen LogP contribution is -2.51. The average molecular weight is 298 g/mol. The molecular weight excluding hydrogens is 272 g/mol. The van der Waals surface area contributed by atoms with Crippen LogP contribution in [0, 0.1) is 23.2 Å². The van der Waals surface area contributed by atoms with Crippen molar-refractivity contribution in [3.05, 3.63) is 29.8 Å². The molecule has 4 fully saturated rings. The lowest BCUT2D eigenvalue weighted by atomic mass is 9.49. The van der Waals surface area contributed by atoms with Gasteiger partial charge in [-0.25, -0.2) is 0 Å². The topological polar surface area (TPSA) is 55.1 Å². The van der Waals surface area contributed by atoms with Crippen molar-refractivity contribution in [1.29, 1.82) is 0 Å². The first-order chi connectivity index (χ1) is 10.6. The van der Waals surface area contributed by atoms with Gasteiger partial charge in [-0.3, -0.25) is 4.79 Å². The lowest BCUT2D eigenvalue weighted by molar-refractivity contribution is -0.140. The predicted molar refractivity (Wildman–Crippen MR) is 88.3 cm³/mol. The fraction of sp³-hybridized carbons (Fsp3) is 0.632. The van der Waals surface area contributed by atoms with E-state index < -0.39 is 0 Å². The highest BCUT2D eigenvalue weighted by molar-refractivity contribution is 5.96. The summed E-state index contributed by atoms with van der Waals surface area (Å²) in [7, 11) is 0. The zero-order valence-corrected chi connectivity index (χ0v) is 13.3. The third kappa shape index (κ3) is 2.26. The maximum Gasteiger partial charge on any atom is 0.230 e. The summed E-state index contributed by atoms with van der Waals surface area (Å²) in [5.41, 5.74) is 7.88. The average Bonchev–Trinajstić information content (AvgIpc) is 2.46. The van der Waals surface area contributed by atoms with Crippen LogP contribution in [0.15, 0.2) is 24.3 Å². The van der Waals surface area contributed by atoms with Crippen LogP contribution in [0.4, 0.5) is 5.69 Å². The van der Waals surface area contributed by atoms with Crippen LogP contribution in [-0.4, -0.2) is 5.91 Å². The first-order valence-corrected chi connectivity index (χ1v) is 8.72. The summed E-state index contributed by atoms with van der Waals surface area (Å²) in [4.78, 5) is 13.1. The molecule has 0 heterocycles. The number of nitrogens with one attached hydrogen (secondary N) is 1. The summed E-state index contributed by atoms with van der Waals surface area (Å²) in [6.07, 6.45) is 7.40. The molecule has 22 heavy (non-hydrogen) atoms. The van der Waals surface area contributed by atoms with Crippen molar-refractivity contribution in [1.82, 2.24) is 0 Å². The number of carbonyl (C=O) groups excluding carboxylic acids is 1. The summed E-state index contributed by atoms with van der Waals surface area (Å²) >= 11 is 0. The van der Waals surface area contributed by atoms with Gasteiger partial charge in [-0.15, -0.1) is 0 Å². The minimum Gasteiger partial charge on any atom is -0.325 e. The molecule has 1 aromatic rings. The van der Waals surface area contributed by atoms with Crippen molar-refractivity contribution < 1.29 is 4.79 Å². The largest absolute Gasteiger partial charge is 0.325 e. The first-order valence-electron chi connectivity index (χ1n) is 8.72. The summed E-state index contributed by atoms with van der Waals surface area (Å²) < 4.78 is 0. The molecular formula is C19H26N2O. The molecule has 0 aromatic heterocycles. The number of nitrogens with two attached hydrogens (primary N) is 1. The molecule has 1 atom stereocenters. The van der Waals surface area contributed by atoms with Gasteiger partial charge in [-0.1, -0.05) is 18.2 Å². The number of anilines is 1. The molecule has 0 radical (unpaired) electrons. The van der Waals surface area contributed by atoms with Crippen LogP contribution in [0.2, 0.25) is 0 Å². The molecule has 1 unspecified atom stereocenters. The molecule has 4 saturated carbocycles. The van der Waals surface area contributed by atoms with Crippen LogP contribution in [-0.2, 0) is 4.79 Å². The highest BCUT2D eigenvalue weighted by atomic mass is 16.2. The molecule has 5 rings (SSSR count). The third-order valence-corrected chi connectivity index (χ3v) is 6.22. The van der Waals surface area contributed by atoms with Crippen molar-refractivity contribution in [3.63, 3.8) is 0 Å². The Morgan fingerprint density at radius 3 is 2.23 bits per heavy atom. The van der Waals surface area contributed by atoms with E-state index in [9.17, 15) is 4.79 Å². The molecule has 3 heteroatoms. The lowest BCUT2D eigenvalue weighted by Gasteiger charge is -2.55. The quantitative estimate of drug-likeness (QED) is 0.890. The molecule has 4 bridgehead atoms. The van der Waals surface area contributed by atoms with E-state index in [2.05, 4.69) is 5.32 Å². The Morgan fingerprint density at radius 2 is 1.68 bits per heavy atom. The second-order valence-electron chi connectivity index (χ2n) is 8.03. The Morgan fingerprint density at radius 1 is 1.14 bits per heavy atom. The van der Waals surface area contributed by atoms with E-state index in [1.165, 1.54) is 19.3 Å². The van der Waals surface area contributed by atoms with Crippen molar-refractivity contribution in [2.75, 3.05) is 5.32 Å². The molecule has 1 amide bonds. The molecule has 3 nitrogen and oxygen atoms in total. The Bertz CT molecular complexity index is 558. The maximum absolute atomic E-state index is 13.1. The molecule has 4 aliphatic rings. The van der Waals surface area contributed by atoms with Gasteiger partial charge in [-0.2, -0.15) is 0 Å². The van der Waals surface area contributed by atoms with E-state index in [-0.39, 0.29) is 17.4 Å². The summed E-state index contributed by atoms with van der Waals surface area (Å²) in [5.74, 6) is 2.63. The second kappa shape index (κ2) is 5.09. The number of benzene rings is 1. The fourth-order valence-corrected chi connectivity index (χ4v) is 5.65. The smallest absolute Gasteiger partial charge is 0.230 e. The van der Waals surface area contributed by atoms with Gasteiger partial charge in [0.2, 0.25) is 5.91 Å². The van der Waals surface area contributed by atoms with Gasteiger partial charge in [0.1, 0.15) is 0 Å². The first kappa shape index (κ1) is 14.3. The Kier molecular flexibility index (Phi) is 3.30. The van der Waals surface area contributed by atoms with E-state index in [1.807, 2.05) is 31.2 Å². The summed E-state index contributed by atoms with van der Waals surface area (Å²) in [6, 6.07) is 7.89. The van der Waals surface area contributed by atoms with Crippen LogP contribution in [0.1, 0.15) is 57.1 Å². The minimum absolute atomic E-state index is 0.0622. The van der Waals surface area contributed by atoms with Gasteiger partial charge in [-0.05, 0) is 74.8 Å². The van der Waals surface area contributed by atoms with Crippen molar-refractivity contribution in [2.45, 2.75) is 51.5 Å². The molecule has 3 N–H and O–H groups in total. The number of hydrogen-bond acceptors (Lipinski definition) is 2. The van der Waals surface area contributed by atoms with Gasteiger partial charge in [0, 0.05) is 11.7 Å². The number of amides is 1. The monoisotopic (exact) mass is 298 g/mol. The highest BCUT2D eigenvalue weighted by Crippen LogP contribution is 2.60. The van der Waals surface area contributed by atoms with E-state index in [4.69, 9.17) is 5.73 Å². The Hall–Kier alpha value is -1.35. The molecule has 1 aromatic carbocycles. The van der Waals surface area contributed by atoms with Gasteiger partial charge < -0.3 is 11.1 Å². The number of rotatable bonds is 3. The van der Waals surface area contributed by atoms with E-state index >= 15 is 0 Å². The van der Waals surface area contributed by atoms with Gasteiger partial charge in [0.05, 0.1) is 5.41 Å². The summed E-state index contributed by atoms with van der Waals surface area (Å²) in [5, 5.41) is 3.23. The second-order valence-corrected chi connectivity index (χ2v) is 8.03. The fourth-order valence-electron chi connectivity index (χ4n) is 5.65. The van der Waals surface area contributed by atoms with E-state index in [0.29, 0.717) is 0 Å². The van der Waals surface area contributed by atoms with Crippen molar-refractivity contribution >= 4 is 11.6 Å². The molecule has 4 aliphatic carbocycles. The van der Waals surface area contributed by atoms with Gasteiger partial charge in [0.25, 0.3) is 0 Å². The zero-order chi connectivity index (χ0) is 15.3. The van der Waals surface area contributed by atoms with E-state index in [1.54, 1.807) is 0 Å². The number of para-hydroxylation sites is 1. The Balaban J connectivity index is 1.58. The molecule has 0 saturated heterocycles. The molecule has 118 valence electrons. The van der Waals surface area contributed by atoms with Crippen LogP contribution < -0.4 is 11.1 Å². The number of hydrogen-bond donors (Lipinski definition) is 2. The maximum atomic E-state index is 13.1. The normalized spacial score (nSPS) is 37.1. The predicted octanol–water partition coefficient (Wildman–Crippen LogP) is 3.86. The molecule has 0 spiro atoms. The Labute approximate surface area is 132 Å². The highest BCUT2D eigenvalue weighted by Gasteiger charge is 2.54. The van der Waals surface area contributed by atoms with Gasteiger partial charge in [0.15, 0.2) is 0 Å². The van der Waals surface area contributed by atoms with Crippen LogP contribution in [0.25, 0.3) is 0 Å². The van der Waals surface area contributed by atoms with Crippen LogP contribution in [0.5, 0.6) is 0 Å². The van der Waals surface area contributed by atoms with Gasteiger partial charge >= 0.3 is 0 Å².